The second kappa shape index (κ2) is 6.23. The van der Waals surface area contributed by atoms with E-state index < -0.39 is 5.91 Å². The van der Waals surface area contributed by atoms with Gasteiger partial charge < -0.3 is 5.32 Å². The van der Waals surface area contributed by atoms with Crippen molar-refractivity contribution in [3.8, 4) is 0 Å². The quantitative estimate of drug-likeness (QED) is 0.910. The van der Waals surface area contributed by atoms with Gasteiger partial charge >= 0.3 is 0 Å². The molecule has 0 spiro atoms. The lowest BCUT2D eigenvalue weighted by Gasteiger charge is -2.18. The van der Waals surface area contributed by atoms with Gasteiger partial charge in [0.25, 0.3) is 5.91 Å². The molecule has 1 aromatic carbocycles. The number of nitrogens with zero attached hydrogens (tertiary/aromatic N) is 2. The molecule has 0 saturated carbocycles. The fourth-order valence-corrected chi connectivity index (χ4v) is 2.65. The topological polar surface area (TPSA) is 70.8 Å². The summed E-state index contributed by atoms with van der Waals surface area (Å²) < 4.78 is 14.5. The highest BCUT2D eigenvalue weighted by molar-refractivity contribution is 5.93. The molecule has 1 aliphatic carbocycles. The van der Waals surface area contributed by atoms with Crippen LogP contribution in [0.4, 0.5) is 4.39 Å². The molecular formula is C18H17FN4O. The molecule has 0 radical (unpaired) electrons. The number of nitrogens with one attached hydrogen (secondary N) is 2. The van der Waals surface area contributed by atoms with Crippen molar-refractivity contribution in [3.63, 3.8) is 0 Å². The third-order valence-electron chi connectivity index (χ3n) is 3.92. The molecule has 1 aliphatic rings. The molecule has 0 atom stereocenters. The monoisotopic (exact) mass is 324 g/mol. The number of benzene rings is 1. The Hall–Kier alpha value is -3.02. The van der Waals surface area contributed by atoms with Gasteiger partial charge in [0, 0.05) is 19.2 Å². The number of aryl methyl sites for hydroxylation is 1. The van der Waals surface area contributed by atoms with Crippen molar-refractivity contribution in [2.75, 3.05) is 0 Å². The van der Waals surface area contributed by atoms with Crippen LogP contribution in [0.1, 0.15) is 33.7 Å². The molecule has 3 rings (SSSR count). The maximum atomic E-state index is 12.9. The van der Waals surface area contributed by atoms with Crippen molar-refractivity contribution < 1.29 is 9.18 Å². The molecule has 5 nitrogen and oxygen atoms in total. The second-order valence-electron chi connectivity index (χ2n) is 5.63. The van der Waals surface area contributed by atoms with E-state index in [1.165, 1.54) is 12.1 Å². The number of rotatable bonds is 3. The highest BCUT2D eigenvalue weighted by Gasteiger charge is 2.20. The molecule has 0 aliphatic heterocycles. The Bertz CT molecular complexity index is 910. The Labute approximate surface area is 138 Å². The molecule has 6 heteroatoms. The van der Waals surface area contributed by atoms with Crippen LogP contribution in [-0.4, -0.2) is 15.7 Å². The van der Waals surface area contributed by atoms with Crippen LogP contribution in [0.2, 0.25) is 0 Å². The fourth-order valence-electron chi connectivity index (χ4n) is 2.65. The van der Waals surface area contributed by atoms with E-state index in [9.17, 15) is 9.18 Å². The van der Waals surface area contributed by atoms with E-state index in [1.807, 2.05) is 12.2 Å². The van der Waals surface area contributed by atoms with Crippen LogP contribution in [0.5, 0.6) is 0 Å². The van der Waals surface area contributed by atoms with Crippen LogP contribution in [0.3, 0.4) is 0 Å². The van der Waals surface area contributed by atoms with Crippen molar-refractivity contribution in [1.82, 2.24) is 15.1 Å². The number of hydrogen-bond donors (Lipinski definition) is 2. The van der Waals surface area contributed by atoms with Gasteiger partial charge in [-0.1, -0.05) is 24.8 Å². The van der Waals surface area contributed by atoms with Crippen molar-refractivity contribution in [1.29, 1.82) is 5.41 Å². The van der Waals surface area contributed by atoms with Crippen molar-refractivity contribution in [2.45, 2.75) is 13.0 Å². The van der Waals surface area contributed by atoms with Crippen molar-refractivity contribution in [2.24, 2.45) is 7.05 Å². The molecule has 0 fully saturated rings. The molecule has 24 heavy (non-hydrogen) atoms. The van der Waals surface area contributed by atoms with Gasteiger partial charge in [-0.05, 0) is 35.8 Å². The lowest BCUT2D eigenvalue weighted by atomic mass is 9.96. The summed E-state index contributed by atoms with van der Waals surface area (Å²) in [5, 5.41) is 15.3. The van der Waals surface area contributed by atoms with Crippen LogP contribution >= 0.6 is 0 Å². The summed E-state index contributed by atoms with van der Waals surface area (Å²) in [6.07, 6.45) is 4.49. The Morgan fingerprint density at radius 1 is 1.42 bits per heavy atom. The minimum atomic E-state index is -0.440. The van der Waals surface area contributed by atoms with E-state index in [0.717, 1.165) is 16.8 Å². The van der Waals surface area contributed by atoms with E-state index in [2.05, 4.69) is 17.0 Å². The number of carbonyl (C=O) groups excluding carboxylic acids is 1. The number of allylic oxidation sites excluding steroid dienone is 2. The molecule has 0 unspecified atom stereocenters. The summed E-state index contributed by atoms with van der Waals surface area (Å²) in [5.41, 5.74) is 3.04. The van der Waals surface area contributed by atoms with Crippen molar-refractivity contribution >= 4 is 17.6 Å². The third-order valence-corrected chi connectivity index (χ3v) is 3.92. The first-order valence-corrected chi connectivity index (χ1v) is 7.50. The Morgan fingerprint density at radius 2 is 2.12 bits per heavy atom. The zero-order chi connectivity index (χ0) is 17.3. The van der Waals surface area contributed by atoms with Gasteiger partial charge in [0.1, 0.15) is 5.82 Å². The number of halogens is 1. The van der Waals surface area contributed by atoms with Gasteiger partial charge in [0.2, 0.25) is 0 Å². The van der Waals surface area contributed by atoms with Gasteiger partial charge in [0.15, 0.2) is 5.69 Å². The third kappa shape index (κ3) is 2.90. The Balaban J connectivity index is 1.88. The number of hydrogen-bond acceptors (Lipinski definition) is 3. The van der Waals surface area contributed by atoms with E-state index in [1.54, 1.807) is 23.9 Å². The van der Waals surface area contributed by atoms with Crippen LogP contribution in [0, 0.1) is 11.2 Å². The molecule has 0 saturated heterocycles. The van der Waals surface area contributed by atoms with E-state index in [-0.39, 0.29) is 23.4 Å². The number of carbonyl (C=O) groups is 1. The second-order valence-corrected chi connectivity index (χ2v) is 5.63. The van der Waals surface area contributed by atoms with E-state index in [0.29, 0.717) is 12.0 Å². The summed E-state index contributed by atoms with van der Waals surface area (Å²) in [4.78, 5) is 12.4. The maximum Gasteiger partial charge on any atom is 0.274 e. The smallest absolute Gasteiger partial charge is 0.274 e. The molecule has 1 heterocycles. The zero-order valence-corrected chi connectivity index (χ0v) is 13.3. The molecule has 122 valence electrons. The van der Waals surface area contributed by atoms with E-state index in [4.69, 9.17) is 5.41 Å². The van der Waals surface area contributed by atoms with E-state index >= 15 is 0 Å². The lowest BCUT2D eigenvalue weighted by Crippen LogP contribution is -2.34. The first-order valence-electron chi connectivity index (χ1n) is 7.50. The molecular weight excluding hydrogens is 307 g/mol. The molecule has 0 bridgehead atoms. The first kappa shape index (κ1) is 15.9. The van der Waals surface area contributed by atoms with Gasteiger partial charge in [0.05, 0.1) is 11.1 Å². The molecule has 1 amide bonds. The maximum absolute atomic E-state index is 12.9. The fraction of sp³-hybridized carbons (Fsp3) is 0.167. The van der Waals surface area contributed by atoms with Gasteiger partial charge in [-0.15, -0.1) is 0 Å². The van der Waals surface area contributed by atoms with Gasteiger partial charge in [-0.3, -0.25) is 14.9 Å². The standard InChI is InChI=1S/C18H17FN4O/c1-11-4-3-5-14-15(11)16(20)17(22-23(14)2)18(24)21-10-12-6-8-13(19)9-7-12/h3,5-9,20H,1,4,10H2,2H3,(H,21,24). The lowest BCUT2D eigenvalue weighted by molar-refractivity contribution is 0.0942. The predicted molar refractivity (Wildman–Crippen MR) is 89.3 cm³/mol. The molecule has 2 aromatic rings. The largest absolute Gasteiger partial charge is 0.346 e. The summed E-state index contributed by atoms with van der Waals surface area (Å²) in [6.45, 7) is 4.22. The van der Waals surface area contributed by atoms with Crippen LogP contribution in [-0.2, 0) is 13.6 Å². The summed E-state index contributed by atoms with van der Waals surface area (Å²) in [7, 11) is 1.73. The Morgan fingerprint density at radius 3 is 2.83 bits per heavy atom. The molecule has 1 aromatic heterocycles. The summed E-state index contributed by atoms with van der Waals surface area (Å²) in [6, 6.07) is 5.88. The van der Waals surface area contributed by atoms with Crippen LogP contribution in [0.15, 0.2) is 36.9 Å². The minimum absolute atomic E-state index is 0.0508. The number of fused-ring (bicyclic) bond motifs is 1. The average Bonchev–Trinajstić information content (AvgIpc) is 2.57. The predicted octanol–water partition coefficient (Wildman–Crippen LogP) is 2.40. The van der Waals surface area contributed by atoms with Crippen molar-refractivity contribution in [3.05, 3.63) is 70.6 Å². The average molecular weight is 324 g/mol. The number of aromatic nitrogens is 2. The minimum Gasteiger partial charge on any atom is -0.346 e. The van der Waals surface area contributed by atoms with Crippen LogP contribution in [0.25, 0.3) is 11.6 Å². The van der Waals surface area contributed by atoms with Gasteiger partial charge in [-0.2, -0.15) is 5.10 Å². The normalized spacial score (nSPS) is 12.8. The zero-order valence-electron chi connectivity index (χ0n) is 13.3. The summed E-state index contributed by atoms with van der Waals surface area (Å²) >= 11 is 0. The first-order chi connectivity index (χ1) is 11.5. The highest BCUT2D eigenvalue weighted by Crippen LogP contribution is 2.23. The SMILES string of the molecule is C=C1CC=Cc2c1c(=N)c(C(=O)NCc1ccc(F)cc1)nn2C. The van der Waals surface area contributed by atoms with Crippen LogP contribution < -0.4 is 10.7 Å². The summed E-state index contributed by atoms with van der Waals surface area (Å²) in [5.74, 6) is -0.765. The number of amides is 1. The van der Waals surface area contributed by atoms with Gasteiger partial charge in [-0.25, -0.2) is 4.39 Å². The Kier molecular flexibility index (Phi) is 4.12. The molecule has 2 N–H and O–H groups in total. The highest BCUT2D eigenvalue weighted by atomic mass is 19.1.